The Morgan fingerprint density at radius 3 is 2.34 bits per heavy atom. The summed E-state index contributed by atoms with van der Waals surface area (Å²) >= 11 is 1.05. The predicted molar refractivity (Wildman–Crippen MR) is 110 cm³/mol. The molecular weight excluding hydrogens is 392 g/mol. The molecule has 1 N–H and O–H groups in total. The highest BCUT2D eigenvalue weighted by molar-refractivity contribution is 8.04. The molecule has 3 aromatic rings. The van der Waals surface area contributed by atoms with E-state index in [0.29, 0.717) is 29.0 Å². The first-order valence-electron chi connectivity index (χ1n) is 8.75. The number of nitrogens with zero attached hydrogens (tertiary/aromatic N) is 4. The Morgan fingerprint density at radius 2 is 1.79 bits per heavy atom. The van der Waals surface area contributed by atoms with Crippen molar-refractivity contribution in [3.63, 3.8) is 0 Å². The Morgan fingerprint density at radius 1 is 1.14 bits per heavy atom. The number of thioether (sulfide) groups is 1. The zero-order chi connectivity index (χ0) is 20.8. The molecule has 0 radical (unpaired) electrons. The van der Waals surface area contributed by atoms with Gasteiger partial charge < -0.3 is 19.1 Å². The highest BCUT2D eigenvalue weighted by atomic mass is 32.2. The minimum atomic E-state index is -1.04. The molecule has 0 aliphatic carbocycles. The quantitative estimate of drug-likeness (QED) is 0.443. The van der Waals surface area contributed by atoms with Crippen molar-refractivity contribution in [3.05, 3.63) is 53.2 Å². The van der Waals surface area contributed by atoms with Crippen LogP contribution in [0.25, 0.3) is 17.5 Å². The maximum atomic E-state index is 11.8. The molecule has 0 saturated carbocycles. The zero-order valence-corrected chi connectivity index (χ0v) is 17.0. The van der Waals surface area contributed by atoms with Gasteiger partial charge in [-0.3, -0.25) is 4.98 Å². The van der Waals surface area contributed by atoms with E-state index in [-0.39, 0.29) is 4.91 Å². The lowest BCUT2D eigenvalue weighted by Gasteiger charge is -2.10. The molecule has 0 spiro atoms. The molecule has 0 fully saturated rings. The summed E-state index contributed by atoms with van der Waals surface area (Å²) in [5, 5.41) is 18.6. The summed E-state index contributed by atoms with van der Waals surface area (Å²) in [5.74, 6) is 0.814. The van der Waals surface area contributed by atoms with Crippen LogP contribution in [0, 0.1) is 0 Å². The third-order valence-electron chi connectivity index (χ3n) is 4.06. The van der Waals surface area contributed by atoms with E-state index in [1.54, 1.807) is 50.9 Å². The molecule has 0 amide bonds. The first kappa shape index (κ1) is 20.4. The molecule has 29 heavy (non-hydrogen) atoms. The summed E-state index contributed by atoms with van der Waals surface area (Å²) < 4.78 is 12.5. The average Bonchev–Trinajstić information content (AvgIpc) is 3.16. The lowest BCUT2D eigenvalue weighted by molar-refractivity contribution is -0.131. The molecule has 0 atom stereocenters. The van der Waals surface area contributed by atoms with E-state index in [1.807, 2.05) is 23.6 Å². The van der Waals surface area contributed by atoms with Gasteiger partial charge in [-0.05, 0) is 54.6 Å². The maximum Gasteiger partial charge on any atom is 0.342 e. The van der Waals surface area contributed by atoms with Gasteiger partial charge in [0.1, 0.15) is 16.4 Å². The van der Waals surface area contributed by atoms with Crippen molar-refractivity contribution in [2.24, 2.45) is 0 Å². The van der Waals surface area contributed by atoms with E-state index in [9.17, 15) is 9.90 Å². The lowest BCUT2D eigenvalue weighted by atomic mass is 10.2. The largest absolute Gasteiger partial charge is 0.497 e. The van der Waals surface area contributed by atoms with Gasteiger partial charge in [-0.15, -0.1) is 10.2 Å². The standard InChI is InChI=1S/C20H20N4O4S/c1-4-24-18(14-10-15(27-2)12-16(11-14)28-3)22-23-20(24)29-17(19(25)26)9-13-5-7-21-8-6-13/h5-12H,4H2,1-3H3,(H,25,26)/b17-9+. The minimum absolute atomic E-state index is 0.132. The van der Waals surface area contributed by atoms with E-state index in [2.05, 4.69) is 15.2 Å². The number of carboxylic acid groups (broad SMARTS) is 1. The van der Waals surface area contributed by atoms with Crippen molar-refractivity contribution < 1.29 is 19.4 Å². The minimum Gasteiger partial charge on any atom is -0.497 e. The van der Waals surface area contributed by atoms with Crippen molar-refractivity contribution in [2.75, 3.05) is 14.2 Å². The van der Waals surface area contributed by atoms with Crippen LogP contribution in [0.2, 0.25) is 0 Å². The molecule has 0 unspecified atom stereocenters. The monoisotopic (exact) mass is 412 g/mol. The molecule has 3 rings (SSSR count). The molecule has 0 bridgehead atoms. The second kappa shape index (κ2) is 9.24. The van der Waals surface area contributed by atoms with E-state index >= 15 is 0 Å². The van der Waals surface area contributed by atoms with E-state index in [4.69, 9.17) is 9.47 Å². The molecule has 150 valence electrons. The summed E-state index contributed by atoms with van der Waals surface area (Å²) in [6, 6.07) is 8.91. The van der Waals surface area contributed by atoms with E-state index in [0.717, 1.165) is 22.9 Å². The van der Waals surface area contributed by atoms with E-state index in [1.165, 1.54) is 0 Å². The molecule has 9 heteroatoms. The fraction of sp³-hybridized carbons (Fsp3) is 0.200. The molecule has 0 saturated heterocycles. The Bertz CT molecular complexity index is 1010. The molecular formula is C20H20N4O4S. The molecule has 2 aromatic heterocycles. The number of aliphatic carboxylic acids is 1. The Balaban J connectivity index is 1.99. The van der Waals surface area contributed by atoms with Crippen molar-refractivity contribution in [1.29, 1.82) is 0 Å². The van der Waals surface area contributed by atoms with Crippen LogP contribution in [0.3, 0.4) is 0 Å². The normalized spacial score (nSPS) is 11.3. The number of methoxy groups -OCH3 is 2. The van der Waals surface area contributed by atoms with Crippen molar-refractivity contribution in [1.82, 2.24) is 19.7 Å². The molecule has 0 aliphatic rings. The number of carbonyl (C=O) groups is 1. The predicted octanol–water partition coefficient (Wildman–Crippen LogP) is 3.60. The van der Waals surface area contributed by atoms with Gasteiger partial charge in [-0.2, -0.15) is 0 Å². The summed E-state index contributed by atoms with van der Waals surface area (Å²) in [4.78, 5) is 15.8. The van der Waals surface area contributed by atoms with Crippen LogP contribution in [-0.2, 0) is 11.3 Å². The van der Waals surface area contributed by atoms with Crippen molar-refractivity contribution in [3.8, 4) is 22.9 Å². The first-order valence-corrected chi connectivity index (χ1v) is 9.56. The van der Waals surface area contributed by atoms with Crippen LogP contribution in [0.1, 0.15) is 12.5 Å². The topological polar surface area (TPSA) is 99.4 Å². The smallest absolute Gasteiger partial charge is 0.342 e. The van der Waals surface area contributed by atoms with Gasteiger partial charge in [0.05, 0.1) is 14.2 Å². The molecule has 1 aromatic carbocycles. The van der Waals surface area contributed by atoms with E-state index < -0.39 is 5.97 Å². The Kier molecular flexibility index (Phi) is 6.50. The Hall–Kier alpha value is -3.33. The molecule has 8 nitrogen and oxygen atoms in total. The third-order valence-corrected chi connectivity index (χ3v) is 5.06. The number of carboxylic acids is 1. The summed E-state index contributed by atoms with van der Waals surface area (Å²) in [6.45, 7) is 2.51. The average molecular weight is 412 g/mol. The van der Waals surface area contributed by atoms with Crippen molar-refractivity contribution >= 4 is 23.8 Å². The second-order valence-electron chi connectivity index (χ2n) is 5.85. The summed E-state index contributed by atoms with van der Waals surface area (Å²) in [7, 11) is 3.15. The molecule has 2 heterocycles. The zero-order valence-electron chi connectivity index (χ0n) is 16.2. The van der Waals surface area contributed by atoms with Crippen LogP contribution < -0.4 is 9.47 Å². The van der Waals surface area contributed by atoms with Crippen LogP contribution >= 0.6 is 11.8 Å². The van der Waals surface area contributed by atoms with Crippen LogP contribution in [0.15, 0.2) is 52.8 Å². The number of aromatic nitrogens is 4. The van der Waals surface area contributed by atoms with Crippen LogP contribution in [0.5, 0.6) is 11.5 Å². The Labute approximate surface area is 172 Å². The highest BCUT2D eigenvalue weighted by Gasteiger charge is 2.19. The van der Waals surface area contributed by atoms with Gasteiger partial charge in [0, 0.05) is 30.6 Å². The number of hydrogen-bond donors (Lipinski definition) is 1. The highest BCUT2D eigenvalue weighted by Crippen LogP contribution is 2.33. The second-order valence-corrected chi connectivity index (χ2v) is 6.86. The number of benzene rings is 1. The number of rotatable bonds is 8. The maximum absolute atomic E-state index is 11.8. The van der Waals surface area contributed by atoms with Gasteiger partial charge in [-0.25, -0.2) is 4.79 Å². The van der Waals surface area contributed by atoms with Crippen LogP contribution in [0.4, 0.5) is 0 Å². The summed E-state index contributed by atoms with van der Waals surface area (Å²) in [6.07, 6.45) is 4.80. The number of ether oxygens (including phenoxy) is 2. The fourth-order valence-corrected chi connectivity index (χ4v) is 3.53. The van der Waals surface area contributed by atoms with Crippen molar-refractivity contribution in [2.45, 2.75) is 18.6 Å². The van der Waals surface area contributed by atoms with Crippen LogP contribution in [-0.4, -0.2) is 45.0 Å². The van der Waals surface area contributed by atoms with Gasteiger partial charge in [0.15, 0.2) is 11.0 Å². The van der Waals surface area contributed by atoms with Gasteiger partial charge >= 0.3 is 5.97 Å². The van der Waals surface area contributed by atoms with Gasteiger partial charge in [0.2, 0.25) is 0 Å². The van der Waals surface area contributed by atoms with Gasteiger partial charge in [0.25, 0.3) is 0 Å². The molecule has 0 aliphatic heterocycles. The van der Waals surface area contributed by atoms with Gasteiger partial charge in [-0.1, -0.05) is 0 Å². The fourth-order valence-electron chi connectivity index (χ4n) is 2.64. The third kappa shape index (κ3) is 4.75. The number of hydrogen-bond acceptors (Lipinski definition) is 7. The number of pyridine rings is 1. The summed E-state index contributed by atoms with van der Waals surface area (Å²) in [5.41, 5.74) is 1.50. The lowest BCUT2D eigenvalue weighted by Crippen LogP contribution is -2.03. The first-order chi connectivity index (χ1) is 14.0. The SMILES string of the molecule is CCn1c(S/C(=C/c2ccncc2)C(=O)O)nnc1-c1cc(OC)cc(OC)c1.